The minimum Gasteiger partial charge on any atom is -0.497 e. The van der Waals surface area contributed by atoms with Gasteiger partial charge in [-0.2, -0.15) is 12.7 Å². The average molecular weight is 342 g/mol. The molecular formula is C17H14N2O4S. The molecule has 0 aromatic heterocycles. The second kappa shape index (κ2) is 7.44. The molecule has 122 valence electrons. The van der Waals surface area contributed by atoms with Crippen LogP contribution in [0.3, 0.4) is 0 Å². The SMILES string of the molecule is [C-]#[N+]/C(=N\OS(=O)(=O)c1ccc(C=C)cc1)c1ccc(OC)cc1. The van der Waals surface area contributed by atoms with Crippen molar-refractivity contribution in [2.24, 2.45) is 5.16 Å². The van der Waals surface area contributed by atoms with Crippen LogP contribution < -0.4 is 4.74 Å². The van der Waals surface area contributed by atoms with Gasteiger partial charge >= 0.3 is 16.0 Å². The molecule has 2 rings (SSSR count). The maximum Gasteiger partial charge on any atom is 0.378 e. The summed E-state index contributed by atoms with van der Waals surface area (Å²) in [4.78, 5) is 3.14. The van der Waals surface area contributed by atoms with E-state index in [1.807, 2.05) is 0 Å². The number of amidine groups is 1. The Morgan fingerprint density at radius 3 is 2.29 bits per heavy atom. The molecule has 0 aliphatic carbocycles. The second-order valence-corrected chi connectivity index (χ2v) is 6.09. The van der Waals surface area contributed by atoms with Gasteiger partial charge in [-0.1, -0.05) is 43.5 Å². The molecule has 0 aliphatic heterocycles. The van der Waals surface area contributed by atoms with Crippen LogP contribution in [0.25, 0.3) is 10.9 Å². The van der Waals surface area contributed by atoms with Gasteiger partial charge in [0.05, 0.1) is 12.3 Å². The van der Waals surface area contributed by atoms with Crippen LogP contribution in [0.2, 0.25) is 0 Å². The van der Waals surface area contributed by atoms with Crippen molar-refractivity contribution < 1.29 is 17.4 Å². The first-order chi connectivity index (χ1) is 11.5. The van der Waals surface area contributed by atoms with Crippen LogP contribution in [-0.2, 0) is 14.4 Å². The van der Waals surface area contributed by atoms with E-state index in [0.29, 0.717) is 11.3 Å². The molecule has 2 aromatic rings. The zero-order chi connectivity index (χ0) is 17.6. The molecule has 0 bridgehead atoms. The van der Waals surface area contributed by atoms with E-state index in [1.165, 1.54) is 19.2 Å². The van der Waals surface area contributed by atoms with E-state index in [9.17, 15) is 8.42 Å². The topological polar surface area (TPSA) is 69.3 Å². The number of oxime groups is 1. The van der Waals surface area contributed by atoms with Gasteiger partial charge in [-0.3, -0.25) is 0 Å². The van der Waals surface area contributed by atoms with Crippen molar-refractivity contribution in [1.29, 1.82) is 0 Å². The summed E-state index contributed by atoms with van der Waals surface area (Å²) in [7, 11) is -2.58. The molecule has 24 heavy (non-hydrogen) atoms. The van der Waals surface area contributed by atoms with Crippen LogP contribution >= 0.6 is 0 Å². The summed E-state index contributed by atoms with van der Waals surface area (Å²) in [5.74, 6) is 0.433. The van der Waals surface area contributed by atoms with Crippen LogP contribution in [0, 0.1) is 6.57 Å². The largest absolute Gasteiger partial charge is 0.497 e. The third-order valence-corrected chi connectivity index (χ3v) is 4.20. The van der Waals surface area contributed by atoms with Crippen molar-refractivity contribution >= 4 is 22.0 Å². The summed E-state index contributed by atoms with van der Waals surface area (Å²) in [5.41, 5.74) is 1.19. The number of nitrogens with zero attached hydrogens (tertiary/aromatic N) is 2. The van der Waals surface area contributed by atoms with E-state index in [1.54, 1.807) is 42.5 Å². The molecule has 0 saturated carbocycles. The van der Waals surface area contributed by atoms with Gasteiger partial charge in [0.2, 0.25) is 0 Å². The van der Waals surface area contributed by atoms with Crippen molar-refractivity contribution in [3.05, 3.63) is 77.7 Å². The smallest absolute Gasteiger partial charge is 0.378 e. The van der Waals surface area contributed by atoms with E-state index in [2.05, 4.69) is 20.9 Å². The third-order valence-electron chi connectivity index (χ3n) is 3.08. The molecule has 0 spiro atoms. The fourth-order valence-electron chi connectivity index (χ4n) is 1.78. The molecule has 6 nitrogen and oxygen atoms in total. The summed E-state index contributed by atoms with van der Waals surface area (Å²) in [6.07, 6.45) is 1.59. The van der Waals surface area contributed by atoms with Gasteiger partial charge in [-0.05, 0) is 29.8 Å². The van der Waals surface area contributed by atoms with Gasteiger partial charge in [-0.25, -0.2) is 0 Å². The first kappa shape index (κ1) is 17.2. The van der Waals surface area contributed by atoms with Gasteiger partial charge in [0.1, 0.15) is 10.6 Å². The zero-order valence-corrected chi connectivity index (χ0v) is 13.7. The first-order valence-corrected chi connectivity index (χ1v) is 8.17. The average Bonchev–Trinajstić information content (AvgIpc) is 2.62. The maximum absolute atomic E-state index is 12.1. The van der Waals surface area contributed by atoms with Gasteiger partial charge in [0, 0.05) is 5.56 Å². The van der Waals surface area contributed by atoms with Gasteiger partial charge in [0.15, 0.2) is 0 Å². The van der Waals surface area contributed by atoms with E-state index in [-0.39, 0.29) is 10.7 Å². The normalized spacial score (nSPS) is 11.4. The first-order valence-electron chi connectivity index (χ1n) is 6.76. The number of benzene rings is 2. The lowest BCUT2D eigenvalue weighted by Crippen LogP contribution is -2.05. The number of rotatable bonds is 6. The van der Waals surface area contributed by atoms with Crippen molar-refractivity contribution in [1.82, 2.24) is 0 Å². The quantitative estimate of drug-likeness (QED) is 0.349. The number of hydrogen-bond acceptors (Lipinski definition) is 5. The number of hydrogen-bond donors (Lipinski definition) is 0. The predicted molar refractivity (Wildman–Crippen MR) is 90.9 cm³/mol. The Morgan fingerprint density at radius 1 is 1.17 bits per heavy atom. The number of ether oxygens (including phenoxy) is 1. The van der Waals surface area contributed by atoms with E-state index in [4.69, 9.17) is 11.3 Å². The minimum atomic E-state index is -4.10. The summed E-state index contributed by atoms with van der Waals surface area (Å²) < 4.78 is 33.9. The summed E-state index contributed by atoms with van der Waals surface area (Å²) >= 11 is 0. The van der Waals surface area contributed by atoms with Crippen LogP contribution in [-0.4, -0.2) is 21.4 Å². The van der Waals surface area contributed by atoms with E-state index < -0.39 is 10.1 Å². The maximum atomic E-state index is 12.1. The molecule has 0 N–H and O–H groups in total. The Bertz CT molecular complexity index is 893. The number of methoxy groups -OCH3 is 1. The molecule has 0 saturated heterocycles. The Kier molecular flexibility index (Phi) is 5.35. The highest BCUT2D eigenvalue weighted by molar-refractivity contribution is 7.86. The fraction of sp³-hybridized carbons (Fsp3) is 0.0588. The highest BCUT2D eigenvalue weighted by Gasteiger charge is 2.19. The molecule has 0 aliphatic rings. The van der Waals surface area contributed by atoms with Crippen LogP contribution in [0.5, 0.6) is 5.75 Å². The van der Waals surface area contributed by atoms with Crippen molar-refractivity contribution in [2.75, 3.05) is 7.11 Å². The standard InChI is InChI=1S/C17H14N2O4S/c1-4-13-5-11-16(12-6-13)24(20,21)23-19-17(18-2)14-7-9-15(22-3)10-8-14/h4-12H,1H2,3H3/b19-17-. The lowest BCUT2D eigenvalue weighted by molar-refractivity contribution is 0.339. The van der Waals surface area contributed by atoms with Gasteiger partial charge < -0.3 is 9.58 Å². The lowest BCUT2D eigenvalue weighted by Gasteiger charge is -2.02. The predicted octanol–water partition coefficient (Wildman–Crippen LogP) is 3.32. The summed E-state index contributed by atoms with van der Waals surface area (Å²) in [6, 6.07) is 12.4. The summed E-state index contributed by atoms with van der Waals surface area (Å²) in [6.45, 7) is 10.7. The van der Waals surface area contributed by atoms with Crippen LogP contribution in [0.4, 0.5) is 0 Å². The molecular weight excluding hydrogens is 328 g/mol. The molecule has 0 amide bonds. The van der Waals surface area contributed by atoms with Crippen molar-refractivity contribution in [3.8, 4) is 5.75 Å². The van der Waals surface area contributed by atoms with Crippen molar-refractivity contribution in [3.63, 3.8) is 0 Å². The van der Waals surface area contributed by atoms with E-state index in [0.717, 1.165) is 5.56 Å². The lowest BCUT2D eigenvalue weighted by atomic mass is 10.2. The third kappa shape index (κ3) is 4.00. The monoisotopic (exact) mass is 342 g/mol. The molecule has 0 heterocycles. The molecule has 0 fully saturated rings. The van der Waals surface area contributed by atoms with Gasteiger partial charge in [-0.15, -0.1) is 0 Å². The summed E-state index contributed by atoms with van der Waals surface area (Å²) in [5, 5.41) is 3.47. The fourth-order valence-corrected chi connectivity index (χ4v) is 2.50. The Hall–Kier alpha value is -3.11. The van der Waals surface area contributed by atoms with Crippen molar-refractivity contribution in [2.45, 2.75) is 4.90 Å². The van der Waals surface area contributed by atoms with E-state index >= 15 is 0 Å². The molecule has 0 atom stereocenters. The Morgan fingerprint density at radius 2 is 1.79 bits per heavy atom. The van der Waals surface area contributed by atoms with Crippen LogP contribution in [0.15, 0.2) is 65.2 Å². The Balaban J connectivity index is 2.24. The highest BCUT2D eigenvalue weighted by atomic mass is 32.2. The molecule has 0 unspecified atom stereocenters. The second-order valence-electron chi connectivity index (χ2n) is 4.56. The molecule has 0 radical (unpaired) electrons. The van der Waals surface area contributed by atoms with Crippen LogP contribution in [0.1, 0.15) is 11.1 Å². The molecule has 2 aromatic carbocycles. The zero-order valence-electron chi connectivity index (χ0n) is 12.8. The minimum absolute atomic E-state index is 0.0593. The highest BCUT2D eigenvalue weighted by Crippen LogP contribution is 2.16. The Labute approximate surface area is 140 Å². The van der Waals surface area contributed by atoms with Gasteiger partial charge in [0.25, 0.3) is 0 Å². The molecule has 7 heteroatoms.